The van der Waals surface area contributed by atoms with Crippen LogP contribution in [0.1, 0.15) is 32.6 Å². The molecule has 1 saturated carbocycles. The van der Waals surface area contributed by atoms with E-state index in [2.05, 4.69) is 11.0 Å². The molecular formula is C12H18N2O2. The second-order valence-electron chi connectivity index (χ2n) is 4.02. The second-order valence-corrected chi connectivity index (χ2v) is 4.02. The van der Waals surface area contributed by atoms with Crippen LogP contribution in [0.25, 0.3) is 0 Å². The molecule has 0 unspecified atom stereocenters. The van der Waals surface area contributed by atoms with Crippen LogP contribution in [0.4, 0.5) is 0 Å². The molecule has 1 aliphatic rings. The third-order valence-electron chi connectivity index (χ3n) is 2.80. The summed E-state index contributed by atoms with van der Waals surface area (Å²) in [5.41, 5.74) is 0.461. The normalized spacial score (nSPS) is 16.2. The Morgan fingerprint density at radius 2 is 2.31 bits per heavy atom. The summed E-state index contributed by atoms with van der Waals surface area (Å²) in [5, 5.41) is 17.4. The molecular weight excluding hydrogens is 204 g/mol. The van der Waals surface area contributed by atoms with Gasteiger partial charge in [0.25, 0.3) is 0 Å². The first-order valence-corrected chi connectivity index (χ1v) is 5.72. The number of aliphatic carboxylic acids is 1. The zero-order chi connectivity index (χ0) is 12.0. The molecule has 0 heterocycles. The van der Waals surface area contributed by atoms with Crippen LogP contribution < -0.4 is 0 Å². The molecule has 0 amide bonds. The van der Waals surface area contributed by atoms with E-state index in [1.165, 1.54) is 12.8 Å². The minimum atomic E-state index is -0.835. The van der Waals surface area contributed by atoms with Gasteiger partial charge in [-0.2, -0.15) is 5.26 Å². The third-order valence-corrected chi connectivity index (χ3v) is 2.80. The van der Waals surface area contributed by atoms with Crippen molar-refractivity contribution in [3.05, 3.63) is 11.6 Å². The summed E-state index contributed by atoms with van der Waals surface area (Å²) in [6.07, 6.45) is 5.19. The summed E-state index contributed by atoms with van der Waals surface area (Å²) in [5.74, 6) is -0.835. The zero-order valence-electron chi connectivity index (χ0n) is 9.65. The maximum Gasteiger partial charge on any atom is 0.331 e. The standard InChI is InChI=1S/C12H18N2O2/c1-2-10(12(15)16)6-9-14(8-3-7-13)11-4-5-11/h6,11H,2-5,8-9H2,1H3,(H,15,16). The van der Waals surface area contributed by atoms with Crippen molar-refractivity contribution in [3.63, 3.8) is 0 Å². The largest absolute Gasteiger partial charge is 0.478 e. The molecule has 1 fully saturated rings. The number of carboxylic acids is 1. The third kappa shape index (κ3) is 4.03. The molecule has 16 heavy (non-hydrogen) atoms. The van der Waals surface area contributed by atoms with Crippen molar-refractivity contribution < 1.29 is 9.90 Å². The van der Waals surface area contributed by atoms with Gasteiger partial charge in [-0.15, -0.1) is 0 Å². The molecule has 1 N–H and O–H groups in total. The molecule has 4 nitrogen and oxygen atoms in total. The molecule has 1 aliphatic carbocycles. The fourth-order valence-corrected chi connectivity index (χ4v) is 1.67. The van der Waals surface area contributed by atoms with Gasteiger partial charge in [-0.1, -0.05) is 13.0 Å². The van der Waals surface area contributed by atoms with Gasteiger partial charge in [0.05, 0.1) is 6.07 Å². The molecule has 0 aliphatic heterocycles. The molecule has 0 bridgehead atoms. The van der Waals surface area contributed by atoms with Gasteiger partial charge in [0.1, 0.15) is 0 Å². The van der Waals surface area contributed by atoms with E-state index in [0.29, 0.717) is 31.0 Å². The lowest BCUT2D eigenvalue weighted by Gasteiger charge is -2.18. The Kier molecular flexibility index (Phi) is 5.00. The minimum Gasteiger partial charge on any atom is -0.478 e. The van der Waals surface area contributed by atoms with Gasteiger partial charge < -0.3 is 5.11 Å². The van der Waals surface area contributed by atoms with Crippen molar-refractivity contribution in [1.82, 2.24) is 4.90 Å². The summed E-state index contributed by atoms with van der Waals surface area (Å²) in [6.45, 7) is 3.24. The van der Waals surface area contributed by atoms with Gasteiger partial charge in [-0.3, -0.25) is 4.90 Å². The summed E-state index contributed by atoms with van der Waals surface area (Å²) in [7, 11) is 0. The van der Waals surface area contributed by atoms with Gasteiger partial charge in [-0.25, -0.2) is 4.79 Å². The van der Waals surface area contributed by atoms with Gasteiger partial charge in [0, 0.05) is 31.1 Å². The highest BCUT2D eigenvalue weighted by Crippen LogP contribution is 2.26. The van der Waals surface area contributed by atoms with Crippen LogP contribution in [0.15, 0.2) is 11.6 Å². The second kappa shape index (κ2) is 6.29. The zero-order valence-corrected chi connectivity index (χ0v) is 9.65. The molecule has 0 aromatic carbocycles. The van der Waals surface area contributed by atoms with Crippen molar-refractivity contribution in [3.8, 4) is 6.07 Å². The van der Waals surface area contributed by atoms with Gasteiger partial charge in [-0.05, 0) is 19.3 Å². The smallest absolute Gasteiger partial charge is 0.331 e. The van der Waals surface area contributed by atoms with Crippen LogP contribution in [0.5, 0.6) is 0 Å². The maximum absolute atomic E-state index is 10.8. The monoisotopic (exact) mass is 222 g/mol. The summed E-state index contributed by atoms with van der Waals surface area (Å²) >= 11 is 0. The molecule has 0 aromatic rings. The highest BCUT2D eigenvalue weighted by molar-refractivity contribution is 5.86. The first-order chi connectivity index (χ1) is 7.69. The van der Waals surface area contributed by atoms with E-state index < -0.39 is 5.97 Å². The highest BCUT2D eigenvalue weighted by atomic mass is 16.4. The first-order valence-electron chi connectivity index (χ1n) is 5.72. The number of hydrogen-bond donors (Lipinski definition) is 1. The van der Waals surface area contributed by atoms with Crippen molar-refractivity contribution in [1.29, 1.82) is 5.26 Å². The molecule has 1 rings (SSSR count). The average Bonchev–Trinajstić information content (AvgIpc) is 3.06. The number of rotatable bonds is 7. The van der Waals surface area contributed by atoms with E-state index >= 15 is 0 Å². The van der Waals surface area contributed by atoms with Gasteiger partial charge >= 0.3 is 5.97 Å². The lowest BCUT2D eigenvalue weighted by molar-refractivity contribution is -0.132. The van der Waals surface area contributed by atoms with E-state index in [0.717, 1.165) is 6.54 Å². The van der Waals surface area contributed by atoms with E-state index in [1.807, 2.05) is 6.92 Å². The van der Waals surface area contributed by atoms with Crippen LogP contribution in [0.3, 0.4) is 0 Å². The Morgan fingerprint density at radius 1 is 1.62 bits per heavy atom. The highest BCUT2D eigenvalue weighted by Gasteiger charge is 2.27. The van der Waals surface area contributed by atoms with Gasteiger partial charge in [0.2, 0.25) is 0 Å². The predicted molar refractivity (Wildman–Crippen MR) is 60.8 cm³/mol. The number of carboxylic acid groups (broad SMARTS) is 1. The van der Waals surface area contributed by atoms with Crippen LogP contribution >= 0.6 is 0 Å². The maximum atomic E-state index is 10.8. The molecule has 0 aromatic heterocycles. The molecule has 0 radical (unpaired) electrons. The Balaban J connectivity index is 2.48. The Labute approximate surface area is 96.2 Å². The van der Waals surface area contributed by atoms with E-state index in [1.54, 1.807) is 6.08 Å². The topological polar surface area (TPSA) is 64.3 Å². The molecule has 0 atom stereocenters. The predicted octanol–water partition coefficient (Wildman–Crippen LogP) is 1.79. The molecule has 4 heteroatoms. The van der Waals surface area contributed by atoms with Gasteiger partial charge in [0.15, 0.2) is 0 Å². The Morgan fingerprint density at radius 3 is 2.75 bits per heavy atom. The lowest BCUT2D eigenvalue weighted by Crippen LogP contribution is -2.27. The van der Waals surface area contributed by atoms with Crippen LogP contribution in [-0.4, -0.2) is 35.1 Å². The summed E-state index contributed by atoms with van der Waals surface area (Å²) in [6, 6.07) is 2.69. The lowest BCUT2D eigenvalue weighted by atomic mass is 10.2. The van der Waals surface area contributed by atoms with Crippen molar-refractivity contribution >= 4 is 5.97 Å². The fraction of sp³-hybridized carbons (Fsp3) is 0.667. The summed E-state index contributed by atoms with van der Waals surface area (Å²) < 4.78 is 0. The average molecular weight is 222 g/mol. The SMILES string of the molecule is CCC(=CCN(CCC#N)C1CC1)C(=O)O. The van der Waals surface area contributed by atoms with Crippen molar-refractivity contribution in [2.75, 3.05) is 13.1 Å². The van der Waals surface area contributed by atoms with Crippen LogP contribution in [0.2, 0.25) is 0 Å². The fourth-order valence-electron chi connectivity index (χ4n) is 1.67. The first kappa shape index (κ1) is 12.7. The van der Waals surface area contributed by atoms with Crippen molar-refractivity contribution in [2.24, 2.45) is 0 Å². The van der Waals surface area contributed by atoms with E-state index in [4.69, 9.17) is 10.4 Å². The number of hydrogen-bond acceptors (Lipinski definition) is 3. The summed E-state index contributed by atoms with van der Waals surface area (Å²) in [4.78, 5) is 13.0. The number of nitriles is 1. The van der Waals surface area contributed by atoms with E-state index in [9.17, 15) is 4.79 Å². The molecule has 0 spiro atoms. The minimum absolute atomic E-state index is 0.461. The number of carbonyl (C=O) groups is 1. The Bertz CT molecular complexity index is 313. The van der Waals surface area contributed by atoms with Crippen LogP contribution in [0, 0.1) is 11.3 Å². The van der Waals surface area contributed by atoms with E-state index in [-0.39, 0.29) is 0 Å². The molecule has 0 saturated heterocycles. The molecule has 88 valence electrons. The quantitative estimate of drug-likeness (QED) is 0.667. The Hall–Kier alpha value is -1.34. The van der Waals surface area contributed by atoms with Crippen molar-refractivity contribution in [2.45, 2.75) is 38.6 Å². The number of nitrogens with zero attached hydrogens (tertiary/aromatic N) is 2. The van der Waals surface area contributed by atoms with Crippen LogP contribution in [-0.2, 0) is 4.79 Å².